The van der Waals surface area contributed by atoms with E-state index in [4.69, 9.17) is 0 Å². The van der Waals surface area contributed by atoms with Gasteiger partial charge in [0.05, 0.1) is 12.2 Å². The number of hydrogen-bond acceptors (Lipinski definition) is 4. The van der Waals surface area contributed by atoms with Gasteiger partial charge in [-0.3, -0.25) is 4.79 Å². The summed E-state index contributed by atoms with van der Waals surface area (Å²) in [6, 6.07) is -0.314. The molecule has 14 heteroatoms. The number of ether oxygens (including phenoxy) is 1. The third-order valence-electron chi connectivity index (χ3n) is 3.22. The van der Waals surface area contributed by atoms with Crippen LogP contribution in [0.5, 0.6) is 0 Å². The zero-order chi connectivity index (χ0) is 22.1. The molecule has 0 spiro atoms. The minimum absolute atomic E-state index is 0.0394. The molecule has 0 heterocycles. The zero-order valence-corrected chi connectivity index (χ0v) is 13.5. The lowest BCUT2D eigenvalue weighted by Crippen LogP contribution is -2.51. The molecule has 1 rings (SSSR count). The molecule has 28 heavy (non-hydrogen) atoms. The largest absolute Gasteiger partial charge is 0.471 e. The van der Waals surface area contributed by atoms with Crippen LogP contribution in [0.25, 0.3) is 0 Å². The number of aliphatic hydroxyl groups is 1. The second-order valence-electron chi connectivity index (χ2n) is 5.14. The highest BCUT2D eigenvalue weighted by molar-refractivity contribution is 5.97. The van der Waals surface area contributed by atoms with E-state index in [1.54, 1.807) is 0 Å². The first kappa shape index (κ1) is 23.5. The molecular formula is C14H10F9NO4. The maximum Gasteiger partial charge on any atom is 0.471 e. The fourth-order valence-electron chi connectivity index (χ4n) is 1.94. The van der Waals surface area contributed by atoms with Gasteiger partial charge in [0.1, 0.15) is 0 Å². The Morgan fingerprint density at radius 2 is 1.57 bits per heavy atom. The highest BCUT2D eigenvalue weighted by Crippen LogP contribution is 2.45. The summed E-state index contributed by atoms with van der Waals surface area (Å²) < 4.78 is 120. The van der Waals surface area contributed by atoms with Crippen LogP contribution in [-0.4, -0.2) is 35.9 Å². The van der Waals surface area contributed by atoms with E-state index in [-0.39, 0.29) is 12.1 Å². The van der Waals surface area contributed by atoms with Crippen molar-refractivity contribution in [2.45, 2.75) is 31.1 Å². The van der Waals surface area contributed by atoms with Crippen molar-refractivity contribution >= 4 is 17.6 Å². The van der Waals surface area contributed by atoms with Gasteiger partial charge in [-0.1, -0.05) is 0 Å². The first-order valence-corrected chi connectivity index (χ1v) is 7.02. The van der Waals surface area contributed by atoms with Crippen molar-refractivity contribution in [3.8, 4) is 0 Å². The molecule has 5 nitrogen and oxygen atoms in total. The smallest absolute Gasteiger partial charge is 0.463 e. The summed E-state index contributed by atoms with van der Waals surface area (Å²) >= 11 is 0. The van der Waals surface area contributed by atoms with Crippen molar-refractivity contribution in [3.63, 3.8) is 0 Å². The maximum absolute atomic E-state index is 13.4. The highest BCUT2D eigenvalue weighted by atomic mass is 19.4. The number of esters is 1. The molecule has 0 saturated heterocycles. The molecule has 0 fully saturated rings. The predicted molar refractivity (Wildman–Crippen MR) is 72.7 cm³/mol. The van der Waals surface area contributed by atoms with Gasteiger partial charge in [-0.15, -0.1) is 0 Å². The summed E-state index contributed by atoms with van der Waals surface area (Å²) in [4.78, 5) is 22.7. The molecule has 1 atom stereocenters. The number of nitrogens with one attached hydrogen (secondary N) is 1. The normalized spacial score (nSPS) is 15.0. The summed E-state index contributed by atoms with van der Waals surface area (Å²) in [6.07, 6.45) is -16.9. The third-order valence-corrected chi connectivity index (χ3v) is 3.22. The molecule has 158 valence electrons. The number of carbonyl (C=O) groups excluding carboxylic acids is 2. The van der Waals surface area contributed by atoms with E-state index in [1.165, 1.54) is 0 Å². The van der Waals surface area contributed by atoms with E-state index in [0.717, 1.165) is 12.2 Å². The van der Waals surface area contributed by atoms with Crippen molar-refractivity contribution in [3.05, 3.63) is 29.3 Å². The third kappa shape index (κ3) is 4.66. The summed E-state index contributed by atoms with van der Waals surface area (Å²) in [5.41, 5.74) is -10.1. The van der Waals surface area contributed by atoms with E-state index in [1.807, 2.05) is 0 Å². The van der Waals surface area contributed by atoms with Crippen molar-refractivity contribution < 1.29 is 58.9 Å². The van der Waals surface area contributed by atoms with Gasteiger partial charge in [0.15, 0.2) is 0 Å². The first-order chi connectivity index (χ1) is 12.5. The molecule has 0 bridgehead atoms. The predicted octanol–water partition coefficient (Wildman–Crippen LogP) is 3.52. The average Bonchev–Trinajstić information content (AvgIpc) is 2.51. The van der Waals surface area contributed by atoms with Crippen molar-refractivity contribution in [1.82, 2.24) is 0 Å². The fraction of sp³-hybridized carbons (Fsp3) is 0.429. The van der Waals surface area contributed by atoms with E-state index < -0.39 is 65.5 Å². The Balaban J connectivity index is 3.78. The lowest BCUT2D eigenvalue weighted by molar-refractivity contribution is -0.267. The first-order valence-electron chi connectivity index (χ1n) is 7.02. The molecule has 1 aromatic rings. The highest BCUT2D eigenvalue weighted by Gasteiger charge is 2.63. The van der Waals surface area contributed by atoms with Crippen LogP contribution in [0.1, 0.15) is 18.1 Å². The Morgan fingerprint density at radius 1 is 1.04 bits per heavy atom. The average molecular weight is 427 g/mol. The minimum Gasteiger partial charge on any atom is -0.463 e. The molecule has 0 radical (unpaired) electrons. The van der Waals surface area contributed by atoms with Gasteiger partial charge in [0.25, 0.3) is 5.60 Å². The van der Waals surface area contributed by atoms with Crippen LogP contribution in [0.2, 0.25) is 0 Å². The molecule has 0 aliphatic carbocycles. The molecule has 2 N–H and O–H groups in total. The van der Waals surface area contributed by atoms with Crippen LogP contribution < -0.4 is 5.32 Å². The van der Waals surface area contributed by atoms with Gasteiger partial charge < -0.3 is 15.2 Å². The second kappa shape index (κ2) is 7.48. The van der Waals surface area contributed by atoms with E-state index in [2.05, 4.69) is 4.74 Å². The van der Waals surface area contributed by atoms with Crippen molar-refractivity contribution in [1.29, 1.82) is 0 Å². The molecule has 0 aliphatic heterocycles. The maximum atomic E-state index is 13.4. The number of hydrogen-bond donors (Lipinski definition) is 2. The van der Waals surface area contributed by atoms with E-state index in [0.29, 0.717) is 0 Å². The topological polar surface area (TPSA) is 75.6 Å². The quantitative estimate of drug-likeness (QED) is 0.570. The Morgan fingerprint density at radius 3 is 1.96 bits per heavy atom. The van der Waals surface area contributed by atoms with E-state index >= 15 is 0 Å². The van der Waals surface area contributed by atoms with Crippen molar-refractivity contribution in [2.75, 3.05) is 11.9 Å². The number of carbonyl (C=O) groups is 2. The zero-order valence-electron chi connectivity index (χ0n) is 13.5. The number of rotatable bonds is 4. The van der Waals surface area contributed by atoms with Gasteiger partial charge in [-0.2, -0.15) is 39.5 Å². The summed E-state index contributed by atoms with van der Waals surface area (Å²) in [5.74, 6) is -5.34. The summed E-state index contributed by atoms with van der Waals surface area (Å²) in [7, 11) is 0. The van der Waals surface area contributed by atoms with Gasteiger partial charge in [0, 0.05) is 11.3 Å². The van der Waals surface area contributed by atoms with Crippen LogP contribution in [-0.2, 0) is 26.1 Å². The Hall–Kier alpha value is -2.51. The molecule has 1 aromatic carbocycles. The molecule has 1 amide bonds. The SMILES string of the molecule is CCOC(=O)C(O)(c1cc(C(F)(F)F)ccc1NC(=O)C(F)(F)F)C(F)(F)F. The van der Waals surface area contributed by atoms with Crippen molar-refractivity contribution in [2.24, 2.45) is 0 Å². The van der Waals surface area contributed by atoms with Crippen LogP contribution in [0.15, 0.2) is 18.2 Å². The van der Waals surface area contributed by atoms with Crippen LogP contribution in [0, 0.1) is 0 Å². The Kier molecular flexibility index (Phi) is 6.29. The van der Waals surface area contributed by atoms with Gasteiger partial charge in [-0.05, 0) is 25.1 Å². The number of amides is 1. The standard InChI is InChI=1S/C14H10F9NO4/c1-2-28-10(26)11(27,14(21,22)23)7-5-6(12(15,16)17)3-4-8(7)24-9(25)13(18,19)20/h3-5,27H,2H2,1H3,(H,24,25). The second-order valence-corrected chi connectivity index (χ2v) is 5.14. The minimum atomic E-state index is -6.01. The summed E-state index contributed by atoms with van der Waals surface area (Å²) in [6.45, 7) is 0.258. The molecular weight excluding hydrogens is 417 g/mol. The monoisotopic (exact) mass is 427 g/mol. The summed E-state index contributed by atoms with van der Waals surface area (Å²) in [5, 5.41) is 10.8. The van der Waals surface area contributed by atoms with Crippen LogP contribution in [0.3, 0.4) is 0 Å². The molecule has 1 unspecified atom stereocenters. The van der Waals surface area contributed by atoms with Crippen LogP contribution >= 0.6 is 0 Å². The van der Waals surface area contributed by atoms with Gasteiger partial charge >= 0.3 is 30.4 Å². The molecule has 0 saturated carbocycles. The van der Waals surface area contributed by atoms with Gasteiger partial charge in [-0.25, -0.2) is 4.79 Å². The Bertz CT molecular complexity index is 755. The molecule has 0 aliphatic rings. The lowest BCUT2D eigenvalue weighted by Gasteiger charge is -2.30. The van der Waals surface area contributed by atoms with E-state index in [9.17, 15) is 54.2 Å². The lowest BCUT2D eigenvalue weighted by atomic mass is 9.89. The number of benzene rings is 1. The number of anilines is 1. The Labute approximate surface area is 150 Å². The number of alkyl halides is 9. The van der Waals surface area contributed by atoms with Crippen LogP contribution in [0.4, 0.5) is 45.2 Å². The number of halogens is 9. The van der Waals surface area contributed by atoms with Gasteiger partial charge in [0.2, 0.25) is 0 Å². The fourth-order valence-corrected chi connectivity index (χ4v) is 1.94. The molecule has 0 aromatic heterocycles.